The summed E-state index contributed by atoms with van der Waals surface area (Å²) in [7, 11) is 0. The lowest BCUT2D eigenvalue weighted by atomic mass is 9.91. The highest BCUT2D eigenvalue weighted by atomic mass is 35.5. The molecule has 0 saturated carbocycles. The number of hydrogen-bond donors (Lipinski definition) is 0. The third-order valence-electron chi connectivity index (χ3n) is 3.12. The monoisotopic (exact) mass is 331 g/mol. The molecule has 1 heterocycles. The van der Waals surface area contributed by atoms with Crippen LogP contribution in [0.4, 0.5) is 0 Å². The van der Waals surface area contributed by atoms with Crippen molar-refractivity contribution in [3.05, 3.63) is 33.8 Å². The molecule has 0 aliphatic carbocycles. The summed E-state index contributed by atoms with van der Waals surface area (Å²) in [6.45, 7) is 7.03. The van der Waals surface area contributed by atoms with Crippen LogP contribution in [0, 0.1) is 5.41 Å². The van der Waals surface area contributed by atoms with Crippen molar-refractivity contribution in [2.24, 2.45) is 5.41 Å². The maximum Gasteiger partial charge on any atom is 0.224 e. The van der Waals surface area contributed by atoms with Gasteiger partial charge in [0.15, 0.2) is 0 Å². The molecule has 0 aromatic heterocycles. The molecular weight excluding hydrogens is 313 g/mol. The van der Waals surface area contributed by atoms with Gasteiger partial charge in [-0.05, 0) is 17.5 Å². The van der Waals surface area contributed by atoms with E-state index in [1.165, 1.54) is 0 Å². The molecule has 0 radical (unpaired) electrons. The Hall–Kier alpha value is -0.380. The van der Waals surface area contributed by atoms with Gasteiger partial charge in [0.2, 0.25) is 5.91 Å². The molecule has 1 fully saturated rings. The Balaban J connectivity index is 2.21. The van der Waals surface area contributed by atoms with Gasteiger partial charge in [-0.15, -0.1) is 11.8 Å². The lowest BCUT2D eigenvalue weighted by Crippen LogP contribution is -2.33. The molecule has 0 spiro atoms. The summed E-state index contributed by atoms with van der Waals surface area (Å²) >= 11 is 14.0. The standard InChI is InChI=1S/C15H19Cl2NOS/c1-15(2,3)9-13(19)18-6-7-20-14(18)11-5-4-10(16)8-12(11)17/h4-5,8,14H,6-7,9H2,1-3H3/t14-/m1/s1. The summed E-state index contributed by atoms with van der Waals surface area (Å²) in [5.41, 5.74) is 0.972. The first-order valence-corrected chi connectivity index (χ1v) is 8.44. The van der Waals surface area contributed by atoms with Gasteiger partial charge in [-0.2, -0.15) is 0 Å². The van der Waals surface area contributed by atoms with E-state index in [1.54, 1.807) is 17.8 Å². The molecule has 1 amide bonds. The Morgan fingerprint density at radius 3 is 2.70 bits per heavy atom. The van der Waals surface area contributed by atoms with E-state index in [0.717, 1.165) is 17.9 Å². The van der Waals surface area contributed by atoms with Crippen LogP contribution in [-0.2, 0) is 4.79 Å². The van der Waals surface area contributed by atoms with Crippen molar-refractivity contribution in [3.63, 3.8) is 0 Å². The van der Waals surface area contributed by atoms with Gasteiger partial charge in [0.05, 0.1) is 0 Å². The molecule has 1 aromatic rings. The van der Waals surface area contributed by atoms with Gasteiger partial charge in [-0.1, -0.05) is 50.0 Å². The highest BCUT2D eigenvalue weighted by Gasteiger charge is 2.33. The molecule has 0 unspecified atom stereocenters. The van der Waals surface area contributed by atoms with Gasteiger partial charge in [-0.3, -0.25) is 4.79 Å². The number of rotatable bonds is 2. The number of thioether (sulfide) groups is 1. The molecule has 5 heteroatoms. The maximum atomic E-state index is 12.5. The fourth-order valence-electron chi connectivity index (χ4n) is 2.24. The Labute approximate surface area is 134 Å². The van der Waals surface area contributed by atoms with Crippen LogP contribution in [0.15, 0.2) is 18.2 Å². The minimum absolute atomic E-state index is 0.00131. The Morgan fingerprint density at radius 2 is 2.10 bits per heavy atom. The van der Waals surface area contributed by atoms with Crippen LogP contribution in [0.5, 0.6) is 0 Å². The number of hydrogen-bond acceptors (Lipinski definition) is 2. The zero-order valence-electron chi connectivity index (χ0n) is 12.0. The predicted octanol–water partition coefficient (Wildman–Crippen LogP) is 5.00. The topological polar surface area (TPSA) is 20.3 Å². The Bertz CT molecular complexity index is 513. The fourth-order valence-corrected chi connectivity index (χ4v) is 4.13. The summed E-state index contributed by atoms with van der Waals surface area (Å²) in [4.78, 5) is 14.4. The zero-order chi connectivity index (χ0) is 14.9. The number of benzene rings is 1. The number of nitrogens with zero attached hydrogens (tertiary/aromatic N) is 1. The van der Waals surface area contributed by atoms with E-state index in [4.69, 9.17) is 23.2 Å². The minimum atomic E-state index is -0.00131. The van der Waals surface area contributed by atoms with Gasteiger partial charge in [0.25, 0.3) is 0 Å². The smallest absolute Gasteiger partial charge is 0.224 e. The van der Waals surface area contributed by atoms with Gasteiger partial charge in [0.1, 0.15) is 5.37 Å². The maximum absolute atomic E-state index is 12.5. The largest absolute Gasteiger partial charge is 0.326 e. The molecule has 2 rings (SSSR count). The number of carbonyl (C=O) groups excluding carboxylic acids is 1. The second kappa shape index (κ2) is 6.17. The van der Waals surface area contributed by atoms with Crippen LogP contribution >= 0.6 is 35.0 Å². The van der Waals surface area contributed by atoms with Crippen LogP contribution in [0.2, 0.25) is 10.0 Å². The molecule has 0 bridgehead atoms. The predicted molar refractivity (Wildman–Crippen MR) is 87.4 cm³/mol. The quantitative estimate of drug-likeness (QED) is 0.759. The summed E-state index contributed by atoms with van der Waals surface area (Å²) in [6.07, 6.45) is 0.551. The van der Waals surface area contributed by atoms with Crippen LogP contribution < -0.4 is 0 Å². The highest BCUT2D eigenvalue weighted by molar-refractivity contribution is 7.99. The van der Waals surface area contributed by atoms with Gasteiger partial charge < -0.3 is 4.90 Å². The molecule has 1 saturated heterocycles. The van der Waals surface area contributed by atoms with E-state index in [-0.39, 0.29) is 16.7 Å². The summed E-state index contributed by atoms with van der Waals surface area (Å²) in [5.74, 6) is 1.14. The van der Waals surface area contributed by atoms with Crippen LogP contribution in [0.25, 0.3) is 0 Å². The first-order valence-electron chi connectivity index (χ1n) is 6.64. The Kier molecular flexibility index (Phi) is 4.93. The minimum Gasteiger partial charge on any atom is -0.326 e. The molecule has 2 nitrogen and oxygen atoms in total. The molecule has 0 N–H and O–H groups in total. The summed E-state index contributed by atoms with van der Waals surface area (Å²) < 4.78 is 0. The van der Waals surface area contributed by atoms with Crippen molar-refractivity contribution in [2.45, 2.75) is 32.6 Å². The lowest BCUT2D eigenvalue weighted by Gasteiger charge is -2.28. The fraction of sp³-hybridized carbons (Fsp3) is 0.533. The van der Waals surface area contributed by atoms with E-state index in [1.807, 2.05) is 17.0 Å². The lowest BCUT2D eigenvalue weighted by molar-refractivity contribution is -0.133. The van der Waals surface area contributed by atoms with E-state index in [2.05, 4.69) is 20.8 Å². The second-order valence-corrected chi connectivity index (χ2v) is 8.25. The van der Waals surface area contributed by atoms with Crippen molar-refractivity contribution < 1.29 is 4.79 Å². The molecule has 1 atom stereocenters. The van der Waals surface area contributed by atoms with Crippen molar-refractivity contribution in [1.29, 1.82) is 0 Å². The molecule has 20 heavy (non-hydrogen) atoms. The number of carbonyl (C=O) groups is 1. The second-order valence-electron chi connectivity index (χ2n) is 6.21. The molecular formula is C15H19Cl2NOS. The Morgan fingerprint density at radius 1 is 1.40 bits per heavy atom. The average Bonchev–Trinajstić information content (AvgIpc) is 2.75. The van der Waals surface area contributed by atoms with Crippen molar-refractivity contribution in [2.75, 3.05) is 12.3 Å². The first-order chi connectivity index (χ1) is 9.28. The molecule has 1 aromatic carbocycles. The van der Waals surface area contributed by atoms with Crippen molar-refractivity contribution in [1.82, 2.24) is 4.90 Å². The molecule has 1 aliphatic rings. The number of halogens is 2. The van der Waals surface area contributed by atoms with E-state index in [9.17, 15) is 4.79 Å². The van der Waals surface area contributed by atoms with Gasteiger partial charge >= 0.3 is 0 Å². The van der Waals surface area contributed by atoms with Crippen molar-refractivity contribution in [3.8, 4) is 0 Å². The van der Waals surface area contributed by atoms with E-state index < -0.39 is 0 Å². The molecule has 1 aliphatic heterocycles. The van der Waals surface area contributed by atoms with Crippen LogP contribution in [0.3, 0.4) is 0 Å². The van der Waals surface area contributed by atoms with Gasteiger partial charge in [-0.25, -0.2) is 0 Å². The van der Waals surface area contributed by atoms with Crippen LogP contribution in [0.1, 0.15) is 38.1 Å². The molecule has 110 valence electrons. The normalized spacial score (nSPS) is 19.4. The van der Waals surface area contributed by atoms with E-state index >= 15 is 0 Å². The third kappa shape index (κ3) is 3.84. The first kappa shape index (κ1) is 16.0. The van der Waals surface area contributed by atoms with Crippen LogP contribution in [-0.4, -0.2) is 23.1 Å². The number of amides is 1. The zero-order valence-corrected chi connectivity index (χ0v) is 14.3. The van der Waals surface area contributed by atoms with Gasteiger partial charge in [0, 0.05) is 34.3 Å². The SMILES string of the molecule is CC(C)(C)CC(=O)N1CCS[C@@H]1c1ccc(Cl)cc1Cl. The van der Waals surface area contributed by atoms with Crippen molar-refractivity contribution >= 4 is 40.9 Å². The summed E-state index contributed by atoms with van der Waals surface area (Å²) in [6, 6.07) is 5.49. The van der Waals surface area contributed by atoms with E-state index in [0.29, 0.717) is 16.5 Å². The summed E-state index contributed by atoms with van der Waals surface area (Å²) in [5, 5.41) is 1.26. The third-order valence-corrected chi connectivity index (χ3v) is 4.93. The average molecular weight is 332 g/mol. The highest BCUT2D eigenvalue weighted by Crippen LogP contribution is 2.42.